The molecule has 0 radical (unpaired) electrons. The van der Waals surface area contributed by atoms with Crippen LogP contribution in [0.2, 0.25) is 0 Å². The molecule has 1 atom stereocenters. The van der Waals surface area contributed by atoms with E-state index in [1.165, 1.54) is 38.5 Å². The first-order valence-corrected chi connectivity index (χ1v) is 6.30. The van der Waals surface area contributed by atoms with E-state index in [9.17, 15) is 0 Å². The van der Waals surface area contributed by atoms with E-state index in [1.54, 1.807) is 0 Å². The molecular formula is C12H23NO2. The number of ether oxygens (including phenoxy) is 2. The molecule has 15 heavy (non-hydrogen) atoms. The van der Waals surface area contributed by atoms with Crippen LogP contribution in [0.5, 0.6) is 0 Å². The molecule has 3 nitrogen and oxygen atoms in total. The first-order chi connectivity index (χ1) is 7.35. The number of rotatable bonds is 5. The molecule has 0 aromatic rings. The fraction of sp³-hybridized carbons (Fsp3) is 1.00. The summed E-state index contributed by atoms with van der Waals surface area (Å²) in [5, 5.41) is 0. The van der Waals surface area contributed by atoms with E-state index >= 15 is 0 Å². The van der Waals surface area contributed by atoms with E-state index in [0.29, 0.717) is 6.10 Å². The highest BCUT2D eigenvalue weighted by Gasteiger charge is 2.37. The van der Waals surface area contributed by atoms with Gasteiger partial charge in [-0.25, -0.2) is 0 Å². The lowest BCUT2D eigenvalue weighted by molar-refractivity contribution is -0.142. The highest BCUT2D eigenvalue weighted by Crippen LogP contribution is 2.38. The van der Waals surface area contributed by atoms with E-state index in [2.05, 4.69) is 0 Å². The second-order valence-electron chi connectivity index (χ2n) is 4.87. The van der Waals surface area contributed by atoms with Crippen LogP contribution in [0.15, 0.2) is 0 Å². The van der Waals surface area contributed by atoms with Crippen LogP contribution in [0.1, 0.15) is 44.9 Å². The van der Waals surface area contributed by atoms with Crippen molar-refractivity contribution in [3.63, 3.8) is 0 Å². The van der Waals surface area contributed by atoms with Crippen molar-refractivity contribution in [2.45, 2.75) is 56.7 Å². The summed E-state index contributed by atoms with van der Waals surface area (Å²) < 4.78 is 11.7. The molecule has 2 N–H and O–H groups in total. The molecule has 0 bridgehead atoms. The van der Waals surface area contributed by atoms with E-state index < -0.39 is 0 Å². The minimum Gasteiger partial charge on any atom is -0.376 e. The van der Waals surface area contributed by atoms with Crippen molar-refractivity contribution in [2.24, 2.45) is 5.73 Å². The lowest BCUT2D eigenvalue weighted by Gasteiger charge is -2.42. The number of hydrogen-bond acceptors (Lipinski definition) is 3. The van der Waals surface area contributed by atoms with Gasteiger partial charge in [0.2, 0.25) is 0 Å². The van der Waals surface area contributed by atoms with Crippen LogP contribution in [0.25, 0.3) is 0 Å². The Kier molecular flexibility index (Phi) is 4.00. The van der Waals surface area contributed by atoms with Gasteiger partial charge in [-0.2, -0.15) is 0 Å². The Balaban J connectivity index is 1.70. The van der Waals surface area contributed by atoms with Crippen LogP contribution in [-0.2, 0) is 9.47 Å². The van der Waals surface area contributed by atoms with Crippen LogP contribution < -0.4 is 5.73 Å². The SMILES string of the molecule is NCCC1(OCC2CCCCO2)CCC1. The summed E-state index contributed by atoms with van der Waals surface area (Å²) in [7, 11) is 0. The third-order valence-corrected chi connectivity index (χ3v) is 3.71. The third-order valence-electron chi connectivity index (χ3n) is 3.71. The third kappa shape index (κ3) is 2.92. The van der Waals surface area contributed by atoms with E-state index in [1.807, 2.05) is 0 Å². The Morgan fingerprint density at radius 3 is 2.67 bits per heavy atom. The van der Waals surface area contributed by atoms with Gasteiger partial charge in [0.05, 0.1) is 18.3 Å². The van der Waals surface area contributed by atoms with Crippen molar-refractivity contribution < 1.29 is 9.47 Å². The molecule has 1 unspecified atom stereocenters. The van der Waals surface area contributed by atoms with Gasteiger partial charge in [0, 0.05) is 6.61 Å². The average molecular weight is 213 g/mol. The Morgan fingerprint density at radius 2 is 2.13 bits per heavy atom. The van der Waals surface area contributed by atoms with Crippen molar-refractivity contribution in [2.75, 3.05) is 19.8 Å². The highest BCUT2D eigenvalue weighted by molar-refractivity contribution is 4.90. The summed E-state index contributed by atoms with van der Waals surface area (Å²) in [4.78, 5) is 0. The van der Waals surface area contributed by atoms with Gasteiger partial charge in [-0.15, -0.1) is 0 Å². The molecule has 1 saturated heterocycles. The second kappa shape index (κ2) is 5.28. The first kappa shape index (κ1) is 11.4. The number of hydrogen-bond donors (Lipinski definition) is 1. The zero-order valence-corrected chi connectivity index (χ0v) is 9.54. The molecule has 0 aromatic carbocycles. The Hall–Kier alpha value is -0.120. The van der Waals surface area contributed by atoms with Crippen molar-refractivity contribution in [1.82, 2.24) is 0 Å². The van der Waals surface area contributed by atoms with Gasteiger partial charge < -0.3 is 15.2 Å². The Bertz CT molecular complexity index is 186. The summed E-state index contributed by atoms with van der Waals surface area (Å²) in [6.45, 7) is 2.43. The van der Waals surface area contributed by atoms with Gasteiger partial charge in [-0.3, -0.25) is 0 Å². The topological polar surface area (TPSA) is 44.5 Å². The predicted octanol–water partition coefficient (Wildman–Crippen LogP) is 1.84. The van der Waals surface area contributed by atoms with E-state index in [4.69, 9.17) is 15.2 Å². The molecule has 0 spiro atoms. The van der Waals surface area contributed by atoms with Gasteiger partial charge in [0.1, 0.15) is 0 Å². The van der Waals surface area contributed by atoms with Crippen LogP contribution in [0.4, 0.5) is 0 Å². The lowest BCUT2D eigenvalue weighted by atomic mass is 9.77. The minimum absolute atomic E-state index is 0.121. The van der Waals surface area contributed by atoms with Gasteiger partial charge in [-0.1, -0.05) is 0 Å². The average Bonchev–Trinajstić information content (AvgIpc) is 2.23. The number of nitrogens with two attached hydrogens (primary N) is 1. The monoisotopic (exact) mass is 213 g/mol. The fourth-order valence-electron chi connectivity index (χ4n) is 2.51. The predicted molar refractivity (Wildman–Crippen MR) is 59.8 cm³/mol. The van der Waals surface area contributed by atoms with Gasteiger partial charge in [0.25, 0.3) is 0 Å². The van der Waals surface area contributed by atoms with Crippen molar-refractivity contribution in [1.29, 1.82) is 0 Å². The largest absolute Gasteiger partial charge is 0.376 e. The van der Waals surface area contributed by atoms with Crippen molar-refractivity contribution >= 4 is 0 Å². The quantitative estimate of drug-likeness (QED) is 0.758. The van der Waals surface area contributed by atoms with Crippen LogP contribution in [0, 0.1) is 0 Å². The maximum Gasteiger partial charge on any atom is 0.0808 e. The zero-order chi connectivity index (χ0) is 10.6. The molecular weight excluding hydrogens is 190 g/mol. The summed E-state index contributed by atoms with van der Waals surface area (Å²) in [5.74, 6) is 0. The molecule has 0 aromatic heterocycles. The molecule has 3 heteroatoms. The fourth-order valence-corrected chi connectivity index (χ4v) is 2.51. The Labute approximate surface area is 92.3 Å². The first-order valence-electron chi connectivity index (χ1n) is 6.30. The summed E-state index contributed by atoms with van der Waals surface area (Å²) in [5.41, 5.74) is 5.74. The maximum absolute atomic E-state index is 6.04. The second-order valence-corrected chi connectivity index (χ2v) is 4.87. The lowest BCUT2D eigenvalue weighted by Crippen LogP contribution is -2.44. The summed E-state index contributed by atoms with van der Waals surface area (Å²) in [6, 6.07) is 0. The minimum atomic E-state index is 0.121. The smallest absolute Gasteiger partial charge is 0.0808 e. The van der Waals surface area contributed by atoms with Gasteiger partial charge >= 0.3 is 0 Å². The molecule has 1 heterocycles. The normalized spacial score (nSPS) is 29.8. The molecule has 1 aliphatic heterocycles. The zero-order valence-electron chi connectivity index (χ0n) is 9.54. The molecule has 2 fully saturated rings. The van der Waals surface area contributed by atoms with Crippen LogP contribution >= 0.6 is 0 Å². The highest BCUT2D eigenvalue weighted by atomic mass is 16.5. The van der Waals surface area contributed by atoms with Gasteiger partial charge in [-0.05, 0) is 51.5 Å². The molecule has 1 aliphatic carbocycles. The van der Waals surface area contributed by atoms with Crippen molar-refractivity contribution in [3.8, 4) is 0 Å². The molecule has 0 amide bonds. The Morgan fingerprint density at radius 1 is 1.27 bits per heavy atom. The molecule has 2 aliphatic rings. The molecule has 1 saturated carbocycles. The standard InChI is InChI=1S/C12H23NO2/c13-8-7-12(5-3-6-12)15-10-11-4-1-2-9-14-11/h11H,1-10,13H2. The van der Waals surface area contributed by atoms with E-state index in [0.717, 1.165) is 26.2 Å². The van der Waals surface area contributed by atoms with Crippen LogP contribution in [0.3, 0.4) is 0 Å². The summed E-state index contributed by atoms with van der Waals surface area (Å²) in [6.07, 6.45) is 8.70. The maximum atomic E-state index is 6.04. The van der Waals surface area contributed by atoms with Crippen molar-refractivity contribution in [3.05, 3.63) is 0 Å². The van der Waals surface area contributed by atoms with Gasteiger partial charge in [0.15, 0.2) is 0 Å². The summed E-state index contributed by atoms with van der Waals surface area (Å²) >= 11 is 0. The van der Waals surface area contributed by atoms with Crippen LogP contribution in [-0.4, -0.2) is 31.5 Å². The van der Waals surface area contributed by atoms with E-state index in [-0.39, 0.29) is 5.60 Å². The molecule has 2 rings (SSSR count). The molecule has 88 valence electrons.